The van der Waals surface area contributed by atoms with Crippen molar-refractivity contribution in [2.45, 2.75) is 0 Å². The first-order valence-electron chi connectivity index (χ1n) is 6.44. The maximum Gasteiger partial charge on any atom is 0.0554 e. The zero-order chi connectivity index (χ0) is 13.7. The van der Waals surface area contributed by atoms with Crippen molar-refractivity contribution in [1.82, 2.24) is 0 Å². The van der Waals surface area contributed by atoms with Gasteiger partial charge in [0.05, 0.1) is 5.02 Å². The average molecular weight is 342 g/mol. The number of hydrogen-bond acceptors (Lipinski definition) is 0. The normalized spacial score (nSPS) is 11.5. The van der Waals surface area contributed by atoms with E-state index in [4.69, 9.17) is 11.6 Å². The third-order valence-electron chi connectivity index (χ3n) is 3.80. The lowest BCUT2D eigenvalue weighted by Gasteiger charge is -2.12. The molecular weight excluding hydrogens is 332 g/mol. The molecule has 0 heterocycles. The molecule has 0 aromatic heterocycles. The smallest absolute Gasteiger partial charge is 0.0554 e. The van der Waals surface area contributed by atoms with E-state index in [-0.39, 0.29) is 0 Å². The Kier molecular flexibility index (Phi) is 2.73. The van der Waals surface area contributed by atoms with Gasteiger partial charge in [-0.2, -0.15) is 0 Å². The molecule has 0 saturated heterocycles. The van der Waals surface area contributed by atoms with Gasteiger partial charge in [0.2, 0.25) is 0 Å². The summed E-state index contributed by atoms with van der Waals surface area (Å²) in [5, 5.41) is 8.21. The van der Waals surface area contributed by atoms with Crippen molar-refractivity contribution in [3.8, 4) is 0 Å². The molecule has 0 bridgehead atoms. The van der Waals surface area contributed by atoms with Gasteiger partial charge in [-0.1, -0.05) is 66.2 Å². The minimum absolute atomic E-state index is 0.748. The van der Waals surface area contributed by atoms with E-state index in [0.29, 0.717) is 0 Å². The van der Waals surface area contributed by atoms with Crippen LogP contribution >= 0.6 is 27.5 Å². The monoisotopic (exact) mass is 340 g/mol. The fraction of sp³-hybridized carbons (Fsp3) is 0. The van der Waals surface area contributed by atoms with E-state index in [2.05, 4.69) is 70.5 Å². The molecule has 0 saturated carbocycles. The van der Waals surface area contributed by atoms with E-state index in [1.807, 2.05) is 6.07 Å². The topological polar surface area (TPSA) is 0 Å². The molecule has 0 aliphatic carbocycles. The summed E-state index contributed by atoms with van der Waals surface area (Å²) in [6, 6.07) is 21.1. The highest BCUT2D eigenvalue weighted by Gasteiger charge is 2.11. The molecule has 20 heavy (non-hydrogen) atoms. The van der Waals surface area contributed by atoms with Crippen LogP contribution in [0.5, 0.6) is 0 Å². The van der Waals surface area contributed by atoms with Crippen LogP contribution in [0.1, 0.15) is 0 Å². The number of rotatable bonds is 0. The van der Waals surface area contributed by atoms with Crippen LogP contribution < -0.4 is 0 Å². The summed E-state index contributed by atoms with van der Waals surface area (Å²) in [4.78, 5) is 0. The molecule has 0 aliphatic heterocycles. The van der Waals surface area contributed by atoms with Gasteiger partial charge in [-0.05, 0) is 48.9 Å². The fourth-order valence-corrected chi connectivity index (χ4v) is 3.64. The first-order valence-corrected chi connectivity index (χ1v) is 7.61. The van der Waals surface area contributed by atoms with Crippen LogP contribution in [0.2, 0.25) is 5.02 Å². The maximum atomic E-state index is 6.29. The Morgan fingerprint density at radius 1 is 0.600 bits per heavy atom. The van der Waals surface area contributed by atoms with Crippen LogP contribution in [-0.4, -0.2) is 0 Å². The van der Waals surface area contributed by atoms with Gasteiger partial charge in [-0.3, -0.25) is 0 Å². The zero-order valence-electron chi connectivity index (χ0n) is 10.5. The van der Waals surface area contributed by atoms with E-state index in [0.717, 1.165) is 9.50 Å². The standard InChI is InChI=1S/C18H10BrCl/c19-18-16(20)10-9-15-13-7-2-1-5-11(13)12-6-3-4-8-14(12)17(15)18/h1-10H. The molecule has 0 radical (unpaired) electrons. The number of hydrogen-bond donors (Lipinski definition) is 0. The van der Waals surface area contributed by atoms with E-state index in [1.165, 1.54) is 32.3 Å². The summed E-state index contributed by atoms with van der Waals surface area (Å²) in [6.07, 6.45) is 0. The second-order valence-electron chi connectivity index (χ2n) is 4.88. The second-order valence-corrected chi connectivity index (χ2v) is 6.08. The summed E-state index contributed by atoms with van der Waals surface area (Å²) >= 11 is 9.95. The first kappa shape index (κ1) is 12.2. The van der Waals surface area contributed by atoms with Crippen LogP contribution in [-0.2, 0) is 0 Å². The Hall–Kier alpha value is -1.57. The van der Waals surface area contributed by atoms with Crippen LogP contribution in [0.25, 0.3) is 32.3 Å². The number of benzene rings is 4. The predicted molar refractivity (Wildman–Crippen MR) is 91.7 cm³/mol. The van der Waals surface area contributed by atoms with Crippen LogP contribution in [0.15, 0.2) is 65.1 Å². The highest BCUT2D eigenvalue weighted by molar-refractivity contribution is 9.10. The summed E-state index contributed by atoms with van der Waals surface area (Å²) < 4.78 is 0.971. The Labute approximate surface area is 130 Å². The number of fused-ring (bicyclic) bond motifs is 6. The molecule has 0 spiro atoms. The Morgan fingerprint density at radius 3 is 1.65 bits per heavy atom. The quantitative estimate of drug-likeness (QED) is 0.318. The lowest BCUT2D eigenvalue weighted by molar-refractivity contribution is 1.74. The van der Waals surface area contributed by atoms with Gasteiger partial charge in [0.15, 0.2) is 0 Å². The van der Waals surface area contributed by atoms with Crippen molar-refractivity contribution < 1.29 is 0 Å². The molecule has 0 unspecified atom stereocenters. The van der Waals surface area contributed by atoms with Gasteiger partial charge >= 0.3 is 0 Å². The molecule has 0 amide bonds. The van der Waals surface area contributed by atoms with Gasteiger partial charge in [-0.25, -0.2) is 0 Å². The molecule has 0 N–H and O–H groups in total. The summed E-state index contributed by atoms with van der Waals surface area (Å²) in [7, 11) is 0. The van der Waals surface area contributed by atoms with E-state index >= 15 is 0 Å². The number of halogens is 2. The van der Waals surface area contributed by atoms with Crippen molar-refractivity contribution in [2.75, 3.05) is 0 Å². The molecule has 0 atom stereocenters. The third kappa shape index (κ3) is 1.60. The minimum Gasteiger partial charge on any atom is -0.0831 e. The van der Waals surface area contributed by atoms with Crippen LogP contribution in [0.3, 0.4) is 0 Å². The first-order chi connectivity index (χ1) is 9.77. The zero-order valence-corrected chi connectivity index (χ0v) is 12.9. The molecule has 2 heteroatoms. The van der Waals surface area contributed by atoms with Gasteiger partial charge in [0.25, 0.3) is 0 Å². The lowest BCUT2D eigenvalue weighted by Crippen LogP contribution is -1.84. The molecule has 96 valence electrons. The Bertz CT molecular complexity index is 938. The van der Waals surface area contributed by atoms with Gasteiger partial charge < -0.3 is 0 Å². The van der Waals surface area contributed by atoms with Crippen LogP contribution in [0, 0.1) is 0 Å². The van der Waals surface area contributed by atoms with Crippen molar-refractivity contribution in [3.05, 3.63) is 70.2 Å². The minimum atomic E-state index is 0.748. The predicted octanol–water partition coefficient (Wildman–Crippen LogP) is 6.56. The molecular formula is C18H10BrCl. The van der Waals surface area contributed by atoms with Crippen molar-refractivity contribution in [2.24, 2.45) is 0 Å². The summed E-state index contributed by atoms with van der Waals surface area (Å²) in [5.74, 6) is 0. The summed E-state index contributed by atoms with van der Waals surface area (Å²) in [6.45, 7) is 0. The molecule has 0 nitrogen and oxygen atoms in total. The van der Waals surface area contributed by atoms with Crippen molar-refractivity contribution in [3.63, 3.8) is 0 Å². The van der Waals surface area contributed by atoms with Crippen molar-refractivity contribution >= 4 is 59.8 Å². The molecule has 4 aromatic carbocycles. The van der Waals surface area contributed by atoms with Gasteiger partial charge in [0, 0.05) is 9.86 Å². The van der Waals surface area contributed by atoms with Gasteiger partial charge in [-0.15, -0.1) is 0 Å². The third-order valence-corrected chi connectivity index (χ3v) is 5.17. The van der Waals surface area contributed by atoms with Crippen LogP contribution in [0.4, 0.5) is 0 Å². The fourth-order valence-electron chi connectivity index (χ4n) is 2.93. The highest BCUT2D eigenvalue weighted by Crippen LogP contribution is 2.40. The molecule has 0 aliphatic rings. The van der Waals surface area contributed by atoms with Gasteiger partial charge in [0.1, 0.15) is 0 Å². The molecule has 4 aromatic rings. The van der Waals surface area contributed by atoms with E-state index in [9.17, 15) is 0 Å². The second kappa shape index (κ2) is 4.47. The average Bonchev–Trinajstić information content (AvgIpc) is 2.50. The Balaban J connectivity index is 2.46. The van der Waals surface area contributed by atoms with Crippen molar-refractivity contribution in [1.29, 1.82) is 0 Å². The summed E-state index contributed by atoms with van der Waals surface area (Å²) in [5.41, 5.74) is 0. The maximum absolute atomic E-state index is 6.29. The highest BCUT2D eigenvalue weighted by atomic mass is 79.9. The largest absolute Gasteiger partial charge is 0.0831 e. The van der Waals surface area contributed by atoms with E-state index < -0.39 is 0 Å². The molecule has 0 fully saturated rings. The SMILES string of the molecule is Clc1ccc2c3ccccc3c3ccccc3c2c1Br. The lowest BCUT2D eigenvalue weighted by atomic mass is 9.94. The van der Waals surface area contributed by atoms with E-state index in [1.54, 1.807) is 0 Å². The Morgan fingerprint density at radius 2 is 1.05 bits per heavy atom. The molecule has 4 rings (SSSR count).